The van der Waals surface area contributed by atoms with Crippen LogP contribution in [0.4, 0.5) is 0 Å². The zero-order valence-corrected chi connectivity index (χ0v) is 12.0. The molecule has 1 heteroatoms. The Morgan fingerprint density at radius 1 is 1.05 bits per heavy atom. The Kier molecular flexibility index (Phi) is 4.75. The third-order valence-electron chi connectivity index (χ3n) is 4.06. The van der Waals surface area contributed by atoms with Crippen LogP contribution in [-0.4, -0.2) is 11.2 Å². The van der Waals surface area contributed by atoms with Gasteiger partial charge < -0.3 is 5.11 Å². The Morgan fingerprint density at radius 2 is 1.60 bits per heavy atom. The summed E-state index contributed by atoms with van der Waals surface area (Å²) >= 11 is 0. The third-order valence-corrected chi connectivity index (χ3v) is 4.06. The first-order chi connectivity index (χ1) is 9.66. The molecule has 0 bridgehead atoms. The fraction of sp³-hybridized carbons (Fsp3) is 0.263. The van der Waals surface area contributed by atoms with Crippen LogP contribution in [-0.2, 0) is 11.8 Å². The summed E-state index contributed by atoms with van der Waals surface area (Å²) in [5.74, 6) is 0. The number of hydrogen-bond acceptors (Lipinski definition) is 1. The van der Waals surface area contributed by atoms with Crippen molar-refractivity contribution < 1.29 is 5.11 Å². The molecular formula is C19H22O. The minimum atomic E-state index is -0.442. The van der Waals surface area contributed by atoms with Gasteiger partial charge in [-0.25, -0.2) is 0 Å². The number of benzene rings is 2. The van der Waals surface area contributed by atoms with E-state index < -0.39 is 11.5 Å². The molecule has 2 aromatic carbocycles. The molecule has 0 saturated carbocycles. The lowest BCUT2D eigenvalue weighted by molar-refractivity contribution is 0.106. The number of rotatable bonds is 6. The topological polar surface area (TPSA) is 20.2 Å². The van der Waals surface area contributed by atoms with Crippen molar-refractivity contribution in [1.29, 1.82) is 0 Å². The molecule has 0 aliphatic rings. The van der Waals surface area contributed by atoms with Gasteiger partial charge in [0.05, 0.1) is 6.10 Å². The summed E-state index contributed by atoms with van der Waals surface area (Å²) in [6.07, 6.45) is 3.01. The van der Waals surface area contributed by atoms with Crippen LogP contribution in [0.3, 0.4) is 0 Å². The molecule has 0 fully saturated rings. The molecule has 0 saturated heterocycles. The van der Waals surface area contributed by atoms with Gasteiger partial charge in [0.25, 0.3) is 0 Å². The average Bonchev–Trinajstić information content (AvgIpc) is 2.53. The van der Waals surface area contributed by atoms with E-state index in [0.29, 0.717) is 0 Å². The average molecular weight is 266 g/mol. The Labute approximate surface area is 121 Å². The molecule has 2 aromatic rings. The van der Waals surface area contributed by atoms with Crippen LogP contribution in [0, 0.1) is 0 Å². The highest BCUT2D eigenvalue weighted by Crippen LogP contribution is 2.31. The highest BCUT2D eigenvalue weighted by Gasteiger charge is 2.31. The molecular weight excluding hydrogens is 244 g/mol. The minimum absolute atomic E-state index is 0.407. The molecule has 2 atom stereocenters. The molecule has 0 spiro atoms. The summed E-state index contributed by atoms with van der Waals surface area (Å²) in [6, 6.07) is 20.4. The lowest BCUT2D eigenvalue weighted by Gasteiger charge is -2.32. The molecule has 1 nitrogen and oxygen atoms in total. The van der Waals surface area contributed by atoms with Crippen LogP contribution in [0.1, 0.15) is 24.5 Å². The monoisotopic (exact) mass is 266 g/mol. The van der Waals surface area contributed by atoms with E-state index in [2.05, 4.69) is 18.7 Å². The molecule has 0 heterocycles. The molecule has 104 valence electrons. The van der Waals surface area contributed by atoms with E-state index in [-0.39, 0.29) is 0 Å². The number of aliphatic hydroxyl groups excluding tert-OH is 1. The third kappa shape index (κ3) is 3.17. The molecule has 1 N–H and O–H groups in total. The highest BCUT2D eigenvalue weighted by molar-refractivity contribution is 5.31. The number of hydrogen-bond donors (Lipinski definition) is 1. The Hall–Kier alpha value is -1.86. The van der Waals surface area contributed by atoms with Crippen molar-refractivity contribution in [3.8, 4) is 0 Å². The zero-order chi connectivity index (χ0) is 14.4. The van der Waals surface area contributed by atoms with Crippen LogP contribution in [0.15, 0.2) is 73.3 Å². The van der Waals surface area contributed by atoms with Gasteiger partial charge in [0.1, 0.15) is 0 Å². The first kappa shape index (κ1) is 14.5. The van der Waals surface area contributed by atoms with Crippen LogP contribution in [0.25, 0.3) is 0 Å². The normalized spacial score (nSPS) is 15.3. The van der Waals surface area contributed by atoms with Crippen molar-refractivity contribution in [3.63, 3.8) is 0 Å². The van der Waals surface area contributed by atoms with Crippen LogP contribution in [0.5, 0.6) is 0 Å². The Morgan fingerprint density at radius 3 is 2.15 bits per heavy atom. The van der Waals surface area contributed by atoms with E-state index in [1.54, 1.807) is 0 Å². The van der Waals surface area contributed by atoms with Crippen molar-refractivity contribution in [1.82, 2.24) is 0 Å². The summed E-state index contributed by atoms with van der Waals surface area (Å²) in [5.41, 5.74) is 1.96. The van der Waals surface area contributed by atoms with E-state index in [9.17, 15) is 5.11 Å². The summed E-state index contributed by atoms with van der Waals surface area (Å²) in [5, 5.41) is 10.6. The maximum atomic E-state index is 10.6. The van der Waals surface area contributed by atoms with Gasteiger partial charge in [0.15, 0.2) is 0 Å². The SMILES string of the molecule is C=C[C@](C)(c1ccccc1)[C@H](O)CCc1ccccc1. The summed E-state index contributed by atoms with van der Waals surface area (Å²) in [4.78, 5) is 0. The van der Waals surface area contributed by atoms with Gasteiger partial charge in [-0.3, -0.25) is 0 Å². The second-order valence-corrected chi connectivity index (χ2v) is 5.39. The largest absolute Gasteiger partial charge is 0.392 e. The second kappa shape index (κ2) is 6.53. The number of aryl methyl sites for hydroxylation is 1. The van der Waals surface area contributed by atoms with Gasteiger partial charge >= 0.3 is 0 Å². The van der Waals surface area contributed by atoms with Gasteiger partial charge in [-0.1, -0.05) is 66.7 Å². The fourth-order valence-electron chi connectivity index (χ4n) is 2.49. The van der Waals surface area contributed by atoms with E-state index in [1.165, 1.54) is 5.56 Å². The quantitative estimate of drug-likeness (QED) is 0.780. The zero-order valence-electron chi connectivity index (χ0n) is 12.0. The predicted octanol–water partition coefficient (Wildman–Crippen LogP) is 4.12. The standard InChI is InChI=1S/C19H22O/c1-3-19(2,17-12-8-5-9-13-17)18(20)15-14-16-10-6-4-7-11-16/h3-13,18,20H,1,14-15H2,2H3/t18-,19-/m1/s1. The van der Waals surface area contributed by atoms with Crippen molar-refractivity contribution in [2.45, 2.75) is 31.3 Å². The summed E-state index contributed by atoms with van der Waals surface area (Å²) in [7, 11) is 0. The maximum absolute atomic E-state index is 10.6. The van der Waals surface area contributed by atoms with Crippen molar-refractivity contribution in [2.75, 3.05) is 0 Å². The Balaban J connectivity index is 2.09. The molecule has 2 rings (SSSR count). The second-order valence-electron chi connectivity index (χ2n) is 5.39. The molecule has 0 aliphatic heterocycles. The van der Waals surface area contributed by atoms with Gasteiger partial charge in [0.2, 0.25) is 0 Å². The van der Waals surface area contributed by atoms with Gasteiger partial charge in [-0.2, -0.15) is 0 Å². The van der Waals surface area contributed by atoms with E-state index >= 15 is 0 Å². The first-order valence-electron chi connectivity index (χ1n) is 7.08. The molecule has 0 aromatic heterocycles. The molecule has 20 heavy (non-hydrogen) atoms. The maximum Gasteiger partial charge on any atom is 0.0671 e. The fourth-order valence-corrected chi connectivity index (χ4v) is 2.49. The minimum Gasteiger partial charge on any atom is -0.392 e. The predicted molar refractivity (Wildman–Crippen MR) is 84.8 cm³/mol. The van der Waals surface area contributed by atoms with Crippen LogP contribution in [0.2, 0.25) is 0 Å². The van der Waals surface area contributed by atoms with Crippen LogP contribution < -0.4 is 0 Å². The smallest absolute Gasteiger partial charge is 0.0671 e. The molecule has 0 amide bonds. The molecule has 0 aliphatic carbocycles. The lowest BCUT2D eigenvalue weighted by atomic mass is 9.76. The highest BCUT2D eigenvalue weighted by atomic mass is 16.3. The summed E-state index contributed by atoms with van der Waals surface area (Å²) < 4.78 is 0. The van der Waals surface area contributed by atoms with Crippen molar-refractivity contribution >= 4 is 0 Å². The van der Waals surface area contributed by atoms with E-state index in [4.69, 9.17) is 0 Å². The van der Waals surface area contributed by atoms with E-state index in [0.717, 1.165) is 18.4 Å². The first-order valence-corrected chi connectivity index (χ1v) is 7.08. The summed E-state index contributed by atoms with van der Waals surface area (Å²) in [6.45, 7) is 5.97. The van der Waals surface area contributed by atoms with Crippen molar-refractivity contribution in [3.05, 3.63) is 84.4 Å². The molecule has 0 unspecified atom stereocenters. The van der Waals surface area contributed by atoms with Crippen LogP contribution >= 0.6 is 0 Å². The van der Waals surface area contributed by atoms with Gasteiger partial charge in [-0.05, 0) is 30.9 Å². The van der Waals surface area contributed by atoms with E-state index in [1.807, 2.05) is 61.5 Å². The Bertz CT molecular complexity index is 532. The molecule has 0 radical (unpaired) electrons. The van der Waals surface area contributed by atoms with Crippen molar-refractivity contribution in [2.24, 2.45) is 0 Å². The number of aliphatic hydroxyl groups is 1. The lowest BCUT2D eigenvalue weighted by Crippen LogP contribution is -2.35. The van der Waals surface area contributed by atoms with Gasteiger partial charge in [-0.15, -0.1) is 6.58 Å². The van der Waals surface area contributed by atoms with Gasteiger partial charge in [0, 0.05) is 5.41 Å².